The first-order valence-electron chi connectivity index (χ1n) is 6.07. The fourth-order valence-electron chi connectivity index (χ4n) is 1.92. The van der Waals surface area contributed by atoms with E-state index >= 15 is 0 Å². The van der Waals surface area contributed by atoms with Gasteiger partial charge in [0.1, 0.15) is 10.5 Å². The number of aromatic nitrogens is 2. The number of rotatable bonds is 3. The predicted octanol–water partition coefficient (Wildman–Crippen LogP) is 5.37. The van der Waals surface area contributed by atoms with Gasteiger partial charge >= 0.3 is 0 Å². The zero-order valence-electron chi connectivity index (χ0n) is 10.8. The molecule has 100 valence electrons. The average molecular weight is 313 g/mol. The molecule has 2 nitrogen and oxygen atoms in total. The van der Waals surface area contributed by atoms with Crippen LogP contribution in [-0.4, -0.2) is 9.97 Å². The zero-order valence-corrected chi connectivity index (χ0v) is 13.1. The third kappa shape index (κ3) is 3.35. The van der Waals surface area contributed by atoms with Crippen molar-refractivity contribution < 1.29 is 0 Å². The molecule has 0 aliphatic heterocycles. The molecule has 1 aromatic heterocycles. The monoisotopic (exact) mass is 312 g/mol. The van der Waals surface area contributed by atoms with Gasteiger partial charge in [0.05, 0.1) is 5.69 Å². The van der Waals surface area contributed by atoms with E-state index in [-0.39, 0.29) is 0 Å². The second-order valence-corrected chi connectivity index (χ2v) is 5.66. The highest BCUT2D eigenvalue weighted by Gasteiger charge is 2.09. The standard InChI is InChI=1S/C14H14Cl2N2S/c1-3-4-12-17-13(8(2)14(19)18-12)9-5-10(15)7-11(16)6-9/h5-7H,3-4H2,1-2H3,(H,17,18,19). The van der Waals surface area contributed by atoms with Crippen LogP contribution in [-0.2, 0) is 6.42 Å². The molecule has 19 heavy (non-hydrogen) atoms. The van der Waals surface area contributed by atoms with Gasteiger partial charge in [0, 0.05) is 27.6 Å². The summed E-state index contributed by atoms with van der Waals surface area (Å²) >= 11 is 17.4. The largest absolute Gasteiger partial charge is 0.343 e. The summed E-state index contributed by atoms with van der Waals surface area (Å²) in [6, 6.07) is 5.46. The first-order chi connectivity index (χ1) is 9.01. The Morgan fingerprint density at radius 3 is 2.42 bits per heavy atom. The summed E-state index contributed by atoms with van der Waals surface area (Å²) in [6.45, 7) is 4.06. The van der Waals surface area contributed by atoms with Crippen LogP contribution in [0.4, 0.5) is 0 Å². The van der Waals surface area contributed by atoms with Crippen molar-refractivity contribution in [3.63, 3.8) is 0 Å². The highest BCUT2D eigenvalue weighted by Crippen LogP contribution is 2.28. The summed E-state index contributed by atoms with van der Waals surface area (Å²) in [5.74, 6) is 0.893. The third-order valence-electron chi connectivity index (χ3n) is 2.84. The van der Waals surface area contributed by atoms with E-state index in [0.29, 0.717) is 14.7 Å². The Morgan fingerprint density at radius 2 is 1.84 bits per heavy atom. The first-order valence-corrected chi connectivity index (χ1v) is 7.24. The van der Waals surface area contributed by atoms with Gasteiger partial charge in [-0.15, -0.1) is 0 Å². The van der Waals surface area contributed by atoms with Crippen LogP contribution >= 0.6 is 35.4 Å². The molecule has 0 spiro atoms. The summed E-state index contributed by atoms with van der Waals surface area (Å²) in [5, 5.41) is 1.21. The molecular formula is C14H14Cl2N2S. The minimum absolute atomic E-state index is 0.607. The Labute approximate surface area is 127 Å². The lowest BCUT2D eigenvalue weighted by Crippen LogP contribution is -2.00. The number of benzene rings is 1. The number of aryl methyl sites for hydroxylation is 1. The molecule has 1 N–H and O–H groups in total. The lowest BCUT2D eigenvalue weighted by Gasteiger charge is -2.10. The molecule has 0 fully saturated rings. The molecule has 0 bridgehead atoms. The summed E-state index contributed by atoms with van der Waals surface area (Å²) in [5.41, 5.74) is 2.81. The van der Waals surface area contributed by atoms with E-state index in [1.807, 2.05) is 19.1 Å². The van der Waals surface area contributed by atoms with E-state index in [1.165, 1.54) is 0 Å². The van der Waals surface area contributed by atoms with E-state index in [4.69, 9.17) is 35.4 Å². The topological polar surface area (TPSA) is 28.7 Å². The van der Waals surface area contributed by atoms with Crippen LogP contribution in [0, 0.1) is 11.6 Å². The van der Waals surface area contributed by atoms with Crippen LogP contribution in [0.3, 0.4) is 0 Å². The van der Waals surface area contributed by atoms with Crippen molar-refractivity contribution in [3.8, 4) is 11.3 Å². The lowest BCUT2D eigenvalue weighted by molar-refractivity contribution is 0.829. The van der Waals surface area contributed by atoms with Gasteiger partial charge in [-0.2, -0.15) is 0 Å². The van der Waals surface area contributed by atoms with Crippen LogP contribution in [0.5, 0.6) is 0 Å². The molecule has 0 amide bonds. The molecule has 0 aliphatic carbocycles. The molecule has 0 aliphatic rings. The SMILES string of the molecule is CCCc1nc(=S)c(C)c(-c2cc(Cl)cc(Cl)c2)[nH]1. The fraction of sp³-hybridized carbons (Fsp3) is 0.286. The van der Waals surface area contributed by atoms with E-state index < -0.39 is 0 Å². The van der Waals surface area contributed by atoms with Gasteiger partial charge in [-0.25, -0.2) is 4.98 Å². The Kier molecular flexibility index (Phi) is 4.61. The number of H-pyrrole nitrogens is 1. The molecule has 0 saturated carbocycles. The number of halogens is 2. The van der Waals surface area contributed by atoms with Gasteiger partial charge in [-0.3, -0.25) is 0 Å². The Hall–Kier alpha value is -0.900. The van der Waals surface area contributed by atoms with Gasteiger partial charge in [0.2, 0.25) is 0 Å². The van der Waals surface area contributed by atoms with Crippen molar-refractivity contribution in [2.75, 3.05) is 0 Å². The molecule has 1 heterocycles. The lowest BCUT2D eigenvalue weighted by atomic mass is 10.1. The van der Waals surface area contributed by atoms with E-state index in [0.717, 1.165) is 35.5 Å². The third-order valence-corrected chi connectivity index (χ3v) is 3.67. The number of nitrogens with zero attached hydrogens (tertiary/aromatic N) is 1. The smallest absolute Gasteiger partial charge is 0.133 e. The van der Waals surface area contributed by atoms with Crippen molar-refractivity contribution in [3.05, 3.63) is 44.3 Å². The molecule has 0 radical (unpaired) electrons. The van der Waals surface area contributed by atoms with Gasteiger partial charge in [-0.05, 0) is 31.5 Å². The average Bonchev–Trinajstić information content (AvgIpc) is 2.32. The van der Waals surface area contributed by atoms with Gasteiger partial charge in [0.15, 0.2) is 0 Å². The second kappa shape index (κ2) is 6.04. The Bertz CT molecular complexity index is 645. The highest BCUT2D eigenvalue weighted by molar-refractivity contribution is 7.71. The molecule has 5 heteroatoms. The van der Waals surface area contributed by atoms with Gasteiger partial charge in [0.25, 0.3) is 0 Å². The quantitative estimate of drug-likeness (QED) is 0.771. The number of hydrogen-bond donors (Lipinski definition) is 1. The first kappa shape index (κ1) is 14.5. The minimum Gasteiger partial charge on any atom is -0.343 e. The summed E-state index contributed by atoms with van der Waals surface area (Å²) in [7, 11) is 0. The summed E-state index contributed by atoms with van der Waals surface area (Å²) in [6.07, 6.45) is 1.88. The zero-order chi connectivity index (χ0) is 14.0. The highest BCUT2D eigenvalue weighted by atomic mass is 35.5. The molecular weight excluding hydrogens is 299 g/mol. The van der Waals surface area contributed by atoms with Crippen molar-refractivity contribution in [2.24, 2.45) is 0 Å². The Morgan fingerprint density at radius 1 is 1.21 bits per heavy atom. The molecule has 0 saturated heterocycles. The molecule has 2 rings (SSSR count). The molecule has 1 aromatic carbocycles. The van der Waals surface area contributed by atoms with Crippen molar-refractivity contribution in [1.29, 1.82) is 0 Å². The van der Waals surface area contributed by atoms with Crippen LogP contribution in [0.1, 0.15) is 24.7 Å². The maximum absolute atomic E-state index is 6.05. The van der Waals surface area contributed by atoms with E-state index in [2.05, 4.69) is 16.9 Å². The molecule has 2 aromatic rings. The van der Waals surface area contributed by atoms with Crippen LogP contribution < -0.4 is 0 Å². The maximum Gasteiger partial charge on any atom is 0.133 e. The van der Waals surface area contributed by atoms with Gasteiger partial charge in [-0.1, -0.05) is 42.3 Å². The van der Waals surface area contributed by atoms with Crippen LogP contribution in [0.15, 0.2) is 18.2 Å². The van der Waals surface area contributed by atoms with Crippen LogP contribution in [0.2, 0.25) is 10.0 Å². The molecule has 0 atom stereocenters. The predicted molar refractivity (Wildman–Crippen MR) is 83.6 cm³/mol. The van der Waals surface area contributed by atoms with Crippen molar-refractivity contribution in [1.82, 2.24) is 9.97 Å². The molecule has 0 unspecified atom stereocenters. The number of nitrogens with one attached hydrogen (secondary N) is 1. The fourth-order valence-corrected chi connectivity index (χ4v) is 2.66. The van der Waals surface area contributed by atoms with Crippen LogP contribution in [0.25, 0.3) is 11.3 Å². The van der Waals surface area contributed by atoms with Crippen molar-refractivity contribution >= 4 is 35.4 Å². The van der Waals surface area contributed by atoms with Gasteiger partial charge < -0.3 is 4.98 Å². The van der Waals surface area contributed by atoms with Crippen molar-refractivity contribution in [2.45, 2.75) is 26.7 Å². The number of aromatic amines is 1. The normalized spacial score (nSPS) is 10.7. The number of hydrogen-bond acceptors (Lipinski definition) is 2. The maximum atomic E-state index is 6.05. The summed E-state index contributed by atoms with van der Waals surface area (Å²) < 4.78 is 0.619. The van der Waals surface area contributed by atoms with E-state index in [1.54, 1.807) is 6.07 Å². The minimum atomic E-state index is 0.607. The summed E-state index contributed by atoms with van der Waals surface area (Å²) in [4.78, 5) is 7.72. The Balaban J connectivity index is 2.63. The second-order valence-electron chi connectivity index (χ2n) is 4.40. The van der Waals surface area contributed by atoms with E-state index in [9.17, 15) is 0 Å².